The molecule has 0 amide bonds. The number of hydrogen-bond acceptors (Lipinski definition) is 1. The van der Waals surface area contributed by atoms with Gasteiger partial charge in [0.2, 0.25) is 0 Å². The van der Waals surface area contributed by atoms with Crippen molar-refractivity contribution in [3.8, 4) is 0 Å². The molecule has 0 radical (unpaired) electrons. The first-order valence-electron chi connectivity index (χ1n) is 15.5. The zero-order chi connectivity index (χ0) is 28.0. The SMILES string of the molecule is c1ccc([C@@]23O[C@@](c4ccccc4)(c4ccccc42)C24C5c6ccccc6[C@@H]2c2ccccc2C43c2ccccc25)cc1. The topological polar surface area (TPSA) is 9.23 Å². The van der Waals surface area contributed by atoms with Crippen molar-refractivity contribution >= 4 is 0 Å². The van der Waals surface area contributed by atoms with Crippen LogP contribution in [0.2, 0.25) is 0 Å². The van der Waals surface area contributed by atoms with Gasteiger partial charge in [0.25, 0.3) is 0 Å². The second kappa shape index (κ2) is 7.25. The van der Waals surface area contributed by atoms with Crippen molar-refractivity contribution in [2.75, 3.05) is 0 Å². The van der Waals surface area contributed by atoms with E-state index >= 15 is 0 Å². The van der Waals surface area contributed by atoms with Gasteiger partial charge in [0.05, 0.1) is 5.41 Å². The molecule has 1 heteroatoms. The number of rotatable bonds is 2. The predicted molar refractivity (Wildman–Crippen MR) is 168 cm³/mol. The van der Waals surface area contributed by atoms with Gasteiger partial charge in [0.15, 0.2) is 0 Å². The molecule has 2 heterocycles. The lowest BCUT2D eigenvalue weighted by atomic mass is 9.42. The number of ether oxygens (including phenoxy) is 1. The largest absolute Gasteiger partial charge is 0.348 e. The van der Waals surface area contributed by atoms with E-state index in [1.165, 1.54) is 55.6 Å². The molecule has 1 saturated heterocycles. The highest BCUT2D eigenvalue weighted by atomic mass is 16.5. The highest BCUT2D eigenvalue weighted by Crippen LogP contribution is 2.94. The van der Waals surface area contributed by atoms with Gasteiger partial charge in [-0.25, -0.2) is 0 Å². The van der Waals surface area contributed by atoms with Crippen molar-refractivity contribution in [1.29, 1.82) is 0 Å². The van der Waals surface area contributed by atoms with Gasteiger partial charge < -0.3 is 4.74 Å². The Bertz CT molecular complexity index is 2070. The third kappa shape index (κ3) is 2.00. The van der Waals surface area contributed by atoms with E-state index in [1.54, 1.807) is 0 Å². The molecular formula is C42H28O. The van der Waals surface area contributed by atoms with Crippen molar-refractivity contribution in [2.24, 2.45) is 5.41 Å². The van der Waals surface area contributed by atoms with Crippen LogP contribution in [-0.4, -0.2) is 0 Å². The summed E-state index contributed by atoms with van der Waals surface area (Å²) in [4.78, 5) is 0. The van der Waals surface area contributed by atoms with Gasteiger partial charge in [-0.1, -0.05) is 158 Å². The quantitative estimate of drug-likeness (QED) is 0.210. The summed E-state index contributed by atoms with van der Waals surface area (Å²) < 4.78 is 8.23. The molecule has 1 nitrogen and oxygen atoms in total. The molecular weight excluding hydrogens is 520 g/mol. The fourth-order valence-corrected chi connectivity index (χ4v) is 11.3. The summed E-state index contributed by atoms with van der Waals surface area (Å²) in [6.07, 6.45) is 0. The van der Waals surface area contributed by atoms with Crippen molar-refractivity contribution in [3.05, 3.63) is 213 Å². The average molecular weight is 549 g/mol. The van der Waals surface area contributed by atoms with E-state index in [1.807, 2.05) is 0 Å². The lowest BCUT2D eigenvalue weighted by Gasteiger charge is -2.54. The zero-order valence-corrected chi connectivity index (χ0v) is 23.6. The van der Waals surface area contributed by atoms with Crippen LogP contribution in [-0.2, 0) is 21.4 Å². The van der Waals surface area contributed by atoms with E-state index in [4.69, 9.17) is 4.74 Å². The molecule has 11 rings (SSSR count). The van der Waals surface area contributed by atoms with E-state index in [9.17, 15) is 0 Å². The number of benzene rings is 6. The van der Waals surface area contributed by atoms with Crippen LogP contribution in [0.4, 0.5) is 0 Å². The Morgan fingerprint density at radius 1 is 0.349 bits per heavy atom. The molecule has 0 aromatic heterocycles. The molecule has 6 aromatic carbocycles. The smallest absolute Gasteiger partial charge is 0.135 e. The van der Waals surface area contributed by atoms with Gasteiger partial charge in [-0.15, -0.1) is 0 Å². The van der Waals surface area contributed by atoms with Crippen LogP contribution >= 0.6 is 0 Å². The van der Waals surface area contributed by atoms with Gasteiger partial charge >= 0.3 is 0 Å². The van der Waals surface area contributed by atoms with Crippen molar-refractivity contribution in [1.82, 2.24) is 0 Å². The second-order valence-corrected chi connectivity index (χ2v) is 13.0. The molecule has 3 unspecified atom stereocenters. The molecule has 3 aliphatic carbocycles. The Labute approximate surface area is 251 Å². The van der Waals surface area contributed by atoms with Crippen LogP contribution in [0.5, 0.6) is 0 Å². The molecule has 2 bridgehead atoms. The van der Waals surface area contributed by atoms with Crippen molar-refractivity contribution in [3.63, 3.8) is 0 Å². The van der Waals surface area contributed by atoms with E-state index in [0.717, 1.165) is 0 Å². The summed E-state index contributed by atoms with van der Waals surface area (Å²) in [5.74, 6) is 0.355. The van der Waals surface area contributed by atoms with Crippen LogP contribution in [0.1, 0.15) is 67.5 Å². The minimum absolute atomic E-state index is 0.177. The molecule has 1 spiro atoms. The molecule has 0 N–H and O–H groups in total. The summed E-state index contributed by atoms with van der Waals surface area (Å²) in [6, 6.07) is 59.6. The van der Waals surface area contributed by atoms with Crippen LogP contribution in [0, 0.1) is 5.41 Å². The molecule has 0 saturated carbocycles. The molecule has 5 aliphatic rings. The minimum atomic E-state index is -0.724. The lowest BCUT2D eigenvalue weighted by molar-refractivity contribution is -0.0797. The lowest BCUT2D eigenvalue weighted by Crippen LogP contribution is -2.58. The maximum atomic E-state index is 8.23. The Kier molecular flexibility index (Phi) is 3.85. The first kappa shape index (κ1) is 22.8. The van der Waals surface area contributed by atoms with Crippen LogP contribution in [0.25, 0.3) is 0 Å². The highest BCUT2D eigenvalue weighted by Gasteiger charge is 2.94. The van der Waals surface area contributed by atoms with E-state index in [0.29, 0.717) is 0 Å². The fourth-order valence-electron chi connectivity index (χ4n) is 11.3. The highest BCUT2D eigenvalue weighted by molar-refractivity contribution is 5.82. The Balaban J connectivity index is 1.47. The summed E-state index contributed by atoms with van der Waals surface area (Å²) in [6.45, 7) is 0. The van der Waals surface area contributed by atoms with Gasteiger partial charge in [0.1, 0.15) is 11.2 Å². The number of hydrogen-bond donors (Lipinski definition) is 0. The van der Waals surface area contributed by atoms with E-state index in [-0.39, 0.29) is 17.3 Å². The Morgan fingerprint density at radius 2 is 0.721 bits per heavy atom. The van der Waals surface area contributed by atoms with E-state index < -0.39 is 16.6 Å². The summed E-state index contributed by atoms with van der Waals surface area (Å²) >= 11 is 0. The van der Waals surface area contributed by atoms with Gasteiger partial charge in [0, 0.05) is 17.3 Å². The minimum Gasteiger partial charge on any atom is -0.348 e. The van der Waals surface area contributed by atoms with Gasteiger partial charge in [-0.05, 0) is 55.6 Å². The molecule has 6 atom stereocenters. The molecule has 43 heavy (non-hydrogen) atoms. The van der Waals surface area contributed by atoms with Gasteiger partial charge in [-0.2, -0.15) is 0 Å². The fraction of sp³-hybridized carbons (Fsp3) is 0.143. The average Bonchev–Trinajstić information content (AvgIpc) is 3.80. The van der Waals surface area contributed by atoms with Crippen LogP contribution in [0.3, 0.4) is 0 Å². The number of fused-ring (bicyclic) bond motifs is 12. The third-order valence-electron chi connectivity index (χ3n) is 12.0. The normalized spacial score (nSPS) is 32.5. The zero-order valence-electron chi connectivity index (χ0n) is 23.6. The first-order valence-corrected chi connectivity index (χ1v) is 15.5. The molecule has 6 aromatic rings. The standard InChI is InChI=1S/C42H28O/c1-3-15-27(16-4-1)41-35-25-13-14-26-36(35)42(43-41,28-17-5-2-6-18-28)40-37-29-19-7-8-20-30(29)38(40)32-22-10-12-24-34(32)39(40,41)33-23-11-9-21-31(33)37/h1-26,37-38H/t37-,38?,39?,40?,41-,42+/m1/s1. The molecule has 202 valence electrons. The van der Waals surface area contributed by atoms with Crippen LogP contribution < -0.4 is 0 Å². The van der Waals surface area contributed by atoms with E-state index in [2.05, 4.69) is 158 Å². The van der Waals surface area contributed by atoms with Crippen molar-refractivity contribution < 1.29 is 4.74 Å². The Hall–Kier alpha value is -4.72. The molecule has 1 fully saturated rings. The van der Waals surface area contributed by atoms with Crippen molar-refractivity contribution in [2.45, 2.75) is 28.5 Å². The summed E-state index contributed by atoms with van der Waals surface area (Å²) in [7, 11) is 0. The predicted octanol–water partition coefficient (Wildman–Crippen LogP) is 8.79. The van der Waals surface area contributed by atoms with Crippen LogP contribution in [0.15, 0.2) is 158 Å². The maximum Gasteiger partial charge on any atom is 0.135 e. The third-order valence-corrected chi connectivity index (χ3v) is 12.0. The Morgan fingerprint density at radius 3 is 1.23 bits per heavy atom. The maximum absolute atomic E-state index is 8.23. The molecule has 2 aliphatic heterocycles. The second-order valence-electron chi connectivity index (χ2n) is 13.0. The first-order chi connectivity index (χ1) is 21.3. The summed E-state index contributed by atoms with van der Waals surface area (Å²) in [5.41, 5.74) is 11.6. The van der Waals surface area contributed by atoms with Gasteiger partial charge in [-0.3, -0.25) is 0 Å². The summed E-state index contributed by atoms with van der Waals surface area (Å²) in [5, 5.41) is 0. The monoisotopic (exact) mass is 548 g/mol.